The minimum absolute atomic E-state index is 0.325. The molecule has 0 aliphatic heterocycles. The Kier molecular flexibility index (Phi) is 5.57. The summed E-state index contributed by atoms with van der Waals surface area (Å²) in [5.41, 5.74) is 4.78. The summed E-state index contributed by atoms with van der Waals surface area (Å²) in [7, 11) is 0. The van der Waals surface area contributed by atoms with Gasteiger partial charge in [-0.2, -0.15) is 5.10 Å². The number of para-hydroxylation sites is 1. The van der Waals surface area contributed by atoms with Crippen LogP contribution in [-0.2, 0) is 0 Å². The summed E-state index contributed by atoms with van der Waals surface area (Å²) in [6.07, 6.45) is 1.01. The first-order chi connectivity index (χ1) is 10.2. The average molecular weight is 302 g/mol. The van der Waals surface area contributed by atoms with Crippen molar-refractivity contribution in [2.75, 3.05) is 5.75 Å². The van der Waals surface area contributed by atoms with Crippen LogP contribution in [0.15, 0.2) is 41.5 Å². The number of fused-ring (bicyclic) bond motifs is 1. The summed E-state index contributed by atoms with van der Waals surface area (Å²) < 4.78 is 2.66. The Morgan fingerprint density at radius 1 is 1.29 bits per heavy atom. The highest BCUT2D eigenvalue weighted by molar-refractivity contribution is 7.97. The number of aromatic nitrogens is 1. The lowest BCUT2D eigenvalue weighted by molar-refractivity contribution is 0.247. The van der Waals surface area contributed by atoms with E-state index in [1.807, 2.05) is 43.3 Å². The molecule has 5 nitrogen and oxygen atoms in total. The van der Waals surface area contributed by atoms with Gasteiger partial charge in [0.05, 0.1) is 16.9 Å². The Hall–Kier alpha value is -2.08. The second kappa shape index (κ2) is 7.64. The third-order valence-corrected chi connectivity index (χ3v) is 3.71. The van der Waals surface area contributed by atoms with E-state index in [1.54, 1.807) is 0 Å². The molecular weight excluding hydrogens is 284 g/mol. The molecule has 0 saturated heterocycles. The lowest BCUT2D eigenvalue weighted by atomic mass is 10.2. The minimum atomic E-state index is -0.325. The Balaban J connectivity index is 2.01. The maximum Gasteiger partial charge on any atom is 0.345 e. The second-order valence-electron chi connectivity index (χ2n) is 4.48. The number of pyridine rings is 1. The minimum Gasteiger partial charge on any atom is -0.280 e. The van der Waals surface area contributed by atoms with Crippen molar-refractivity contribution >= 4 is 34.6 Å². The van der Waals surface area contributed by atoms with Gasteiger partial charge in [0.1, 0.15) is 0 Å². The largest absolute Gasteiger partial charge is 0.345 e. The number of carbonyl (C=O) groups excluding carboxylic acids is 1. The van der Waals surface area contributed by atoms with Crippen LogP contribution in [-0.4, -0.2) is 22.5 Å². The van der Waals surface area contributed by atoms with Crippen molar-refractivity contribution in [2.45, 2.75) is 20.3 Å². The fourth-order valence-electron chi connectivity index (χ4n) is 1.70. The van der Waals surface area contributed by atoms with E-state index in [0.717, 1.165) is 28.8 Å². The highest BCUT2D eigenvalue weighted by atomic mass is 32.2. The maximum absolute atomic E-state index is 11.5. The zero-order valence-corrected chi connectivity index (χ0v) is 12.9. The topological polar surface area (TPSA) is 66.4 Å². The van der Waals surface area contributed by atoms with Gasteiger partial charge >= 0.3 is 6.03 Å². The maximum atomic E-state index is 11.5. The second-order valence-corrected chi connectivity index (χ2v) is 5.38. The molecule has 1 heterocycles. The zero-order valence-electron chi connectivity index (χ0n) is 12.1. The summed E-state index contributed by atoms with van der Waals surface area (Å²) in [6.45, 7) is 3.87. The molecule has 21 heavy (non-hydrogen) atoms. The molecule has 0 aliphatic rings. The fourth-order valence-corrected chi connectivity index (χ4v) is 2.18. The number of urea groups is 1. The van der Waals surface area contributed by atoms with Gasteiger partial charge in [-0.1, -0.05) is 31.2 Å². The number of hydrogen-bond acceptors (Lipinski definition) is 4. The van der Waals surface area contributed by atoms with Gasteiger partial charge in [0, 0.05) is 11.1 Å². The number of hydrazone groups is 1. The SMILES string of the molecule is CCCSNC(=O)N/N=C(\C)c1ccc2ccccc2n1. The van der Waals surface area contributed by atoms with Gasteiger partial charge < -0.3 is 0 Å². The molecule has 2 amide bonds. The van der Waals surface area contributed by atoms with E-state index in [-0.39, 0.29) is 6.03 Å². The quantitative estimate of drug-likeness (QED) is 0.385. The lowest BCUT2D eigenvalue weighted by Crippen LogP contribution is -2.28. The zero-order chi connectivity index (χ0) is 15.1. The first kappa shape index (κ1) is 15.3. The number of nitrogens with one attached hydrogen (secondary N) is 2. The summed E-state index contributed by atoms with van der Waals surface area (Å²) in [6, 6.07) is 11.4. The molecule has 0 aliphatic carbocycles. The number of rotatable bonds is 5. The van der Waals surface area contributed by atoms with Gasteiger partial charge in [-0.25, -0.2) is 15.2 Å². The van der Waals surface area contributed by atoms with Crippen LogP contribution in [0, 0.1) is 0 Å². The van der Waals surface area contributed by atoms with Crippen LogP contribution in [0.2, 0.25) is 0 Å². The van der Waals surface area contributed by atoms with Gasteiger partial charge in [-0.15, -0.1) is 0 Å². The smallest absolute Gasteiger partial charge is 0.280 e. The standard InChI is InChI=1S/C15H18N4OS/c1-3-10-21-19-15(20)18-17-11(2)13-9-8-12-6-4-5-7-14(12)16-13/h4-9H,3,10H2,1-2H3,(H2,18,19,20)/b17-11+. The number of nitrogens with zero attached hydrogens (tertiary/aromatic N) is 2. The summed E-state index contributed by atoms with van der Waals surface area (Å²) >= 11 is 1.36. The predicted molar refractivity (Wildman–Crippen MR) is 88.4 cm³/mol. The van der Waals surface area contributed by atoms with Crippen molar-refractivity contribution in [3.8, 4) is 0 Å². The average Bonchev–Trinajstić information content (AvgIpc) is 2.52. The molecule has 0 saturated carbocycles. The Morgan fingerprint density at radius 3 is 2.90 bits per heavy atom. The molecule has 1 aromatic heterocycles. The van der Waals surface area contributed by atoms with Crippen LogP contribution in [0.1, 0.15) is 26.0 Å². The number of hydrogen-bond donors (Lipinski definition) is 2. The van der Waals surface area contributed by atoms with Crippen LogP contribution in [0.5, 0.6) is 0 Å². The normalized spacial score (nSPS) is 11.4. The van der Waals surface area contributed by atoms with E-state index < -0.39 is 0 Å². The third kappa shape index (κ3) is 4.46. The molecule has 2 N–H and O–H groups in total. The van der Waals surface area contributed by atoms with E-state index >= 15 is 0 Å². The Morgan fingerprint density at radius 2 is 2.10 bits per heavy atom. The van der Waals surface area contributed by atoms with E-state index in [4.69, 9.17) is 0 Å². The molecule has 1 aromatic carbocycles. The van der Waals surface area contributed by atoms with Crippen molar-refractivity contribution < 1.29 is 4.79 Å². The molecule has 0 spiro atoms. The van der Waals surface area contributed by atoms with Gasteiger partial charge in [-0.3, -0.25) is 4.72 Å². The van der Waals surface area contributed by atoms with Crippen LogP contribution in [0.25, 0.3) is 10.9 Å². The first-order valence-corrected chi connectivity index (χ1v) is 7.77. The van der Waals surface area contributed by atoms with Crippen LogP contribution < -0.4 is 10.1 Å². The van der Waals surface area contributed by atoms with E-state index in [0.29, 0.717) is 5.71 Å². The Labute approximate surface area is 128 Å². The molecule has 0 fully saturated rings. The van der Waals surface area contributed by atoms with Crippen molar-refractivity contribution in [3.63, 3.8) is 0 Å². The predicted octanol–water partition coefficient (Wildman–Crippen LogP) is 3.32. The molecule has 0 radical (unpaired) electrons. The van der Waals surface area contributed by atoms with Gasteiger partial charge in [-0.05, 0) is 37.4 Å². The van der Waals surface area contributed by atoms with E-state index in [1.165, 1.54) is 11.9 Å². The number of carbonyl (C=O) groups is 1. The molecule has 0 bridgehead atoms. The lowest BCUT2D eigenvalue weighted by Gasteiger charge is -2.04. The van der Waals surface area contributed by atoms with Crippen LogP contribution in [0.4, 0.5) is 4.79 Å². The van der Waals surface area contributed by atoms with Gasteiger partial charge in [0.25, 0.3) is 0 Å². The highest BCUT2D eigenvalue weighted by Crippen LogP contribution is 2.12. The number of benzene rings is 1. The van der Waals surface area contributed by atoms with Crippen LogP contribution >= 0.6 is 11.9 Å². The summed E-state index contributed by atoms with van der Waals surface area (Å²) in [5.74, 6) is 0.877. The highest BCUT2D eigenvalue weighted by Gasteiger charge is 2.03. The molecule has 0 unspecified atom stereocenters. The molecule has 2 rings (SSSR count). The summed E-state index contributed by atoms with van der Waals surface area (Å²) in [5, 5.41) is 5.14. The molecular formula is C15H18N4OS. The molecule has 2 aromatic rings. The van der Waals surface area contributed by atoms with Crippen molar-refractivity contribution in [1.82, 2.24) is 15.1 Å². The number of amides is 2. The molecule has 110 valence electrons. The first-order valence-electron chi connectivity index (χ1n) is 6.79. The van der Waals surface area contributed by atoms with E-state index in [9.17, 15) is 4.79 Å². The van der Waals surface area contributed by atoms with Gasteiger partial charge in [0.15, 0.2) is 0 Å². The fraction of sp³-hybridized carbons (Fsp3) is 0.267. The molecule has 6 heteroatoms. The monoisotopic (exact) mass is 302 g/mol. The van der Waals surface area contributed by atoms with Gasteiger partial charge in [0.2, 0.25) is 0 Å². The van der Waals surface area contributed by atoms with Crippen molar-refractivity contribution in [2.24, 2.45) is 5.10 Å². The van der Waals surface area contributed by atoms with Crippen molar-refractivity contribution in [1.29, 1.82) is 0 Å². The third-order valence-electron chi connectivity index (χ3n) is 2.77. The van der Waals surface area contributed by atoms with E-state index in [2.05, 4.69) is 27.2 Å². The molecule has 0 atom stereocenters. The van der Waals surface area contributed by atoms with Crippen LogP contribution in [0.3, 0.4) is 0 Å². The van der Waals surface area contributed by atoms with Crippen molar-refractivity contribution in [3.05, 3.63) is 42.1 Å². The Bertz CT molecular complexity index is 657. The summed E-state index contributed by atoms with van der Waals surface area (Å²) in [4.78, 5) is 16.0.